The maximum atomic E-state index is 12.9. The smallest absolute Gasteiger partial charge is 0.408 e. The standard InChI is InChI=1S/C25H36N2O10/c1-7-17(27-24(32)37-25(3,4)5)22(31)36-23-19-14(11-34-20(29)13(2)10-18(26)28)8-9-15(19)16(12-35-23)21(30)33-6/h8,12-13,15,17,19,23H,7,9-11H2,1-6H3,(H2,26,28)(H,27,32)/t13-,15+,17-,19+,23-/m0/s1. The van der Waals surface area contributed by atoms with Crippen LogP contribution >= 0.6 is 0 Å². The lowest BCUT2D eigenvalue weighted by atomic mass is 9.83. The molecule has 3 N–H and O–H groups in total. The van der Waals surface area contributed by atoms with Crippen molar-refractivity contribution >= 4 is 29.9 Å². The summed E-state index contributed by atoms with van der Waals surface area (Å²) in [6, 6.07) is -1.01. The van der Waals surface area contributed by atoms with Crippen molar-refractivity contribution < 1.29 is 47.7 Å². The van der Waals surface area contributed by atoms with Crippen LogP contribution in [-0.4, -0.2) is 61.6 Å². The van der Waals surface area contributed by atoms with E-state index in [4.69, 9.17) is 29.4 Å². The predicted octanol–water partition coefficient (Wildman–Crippen LogP) is 1.86. The van der Waals surface area contributed by atoms with Crippen LogP contribution in [0, 0.1) is 17.8 Å². The van der Waals surface area contributed by atoms with Crippen molar-refractivity contribution in [2.75, 3.05) is 13.7 Å². The summed E-state index contributed by atoms with van der Waals surface area (Å²) in [7, 11) is 1.24. The van der Waals surface area contributed by atoms with E-state index in [0.717, 1.165) is 0 Å². The van der Waals surface area contributed by atoms with Gasteiger partial charge >= 0.3 is 24.0 Å². The zero-order valence-corrected chi connectivity index (χ0v) is 22.0. The fraction of sp³-hybridized carbons (Fsp3) is 0.640. The lowest BCUT2D eigenvalue weighted by Crippen LogP contribution is -2.47. The molecule has 0 bridgehead atoms. The lowest BCUT2D eigenvalue weighted by molar-refractivity contribution is -0.185. The van der Waals surface area contributed by atoms with E-state index in [1.807, 2.05) is 0 Å². The second kappa shape index (κ2) is 12.6. The van der Waals surface area contributed by atoms with E-state index in [9.17, 15) is 24.0 Å². The van der Waals surface area contributed by atoms with Crippen LogP contribution in [-0.2, 0) is 42.9 Å². The second-order valence-corrected chi connectivity index (χ2v) is 9.94. The van der Waals surface area contributed by atoms with Gasteiger partial charge in [-0.25, -0.2) is 14.4 Å². The van der Waals surface area contributed by atoms with Gasteiger partial charge in [0.25, 0.3) is 6.29 Å². The van der Waals surface area contributed by atoms with Crippen molar-refractivity contribution in [3.05, 3.63) is 23.5 Å². The van der Waals surface area contributed by atoms with Crippen molar-refractivity contribution in [2.45, 2.75) is 71.8 Å². The van der Waals surface area contributed by atoms with E-state index >= 15 is 0 Å². The molecule has 0 aromatic heterocycles. The SMILES string of the molecule is CC[C@H](NC(=O)OC(C)(C)C)C(=O)O[C@@H]1OC=C(C(=O)OC)[C@H]2CC=C(COC(=O)[C@@H](C)CC(N)=O)[C@@H]12. The number of rotatable bonds is 10. The first-order valence-corrected chi connectivity index (χ1v) is 12.0. The third-order valence-electron chi connectivity index (χ3n) is 5.85. The molecule has 0 saturated carbocycles. The van der Waals surface area contributed by atoms with Gasteiger partial charge in [-0.15, -0.1) is 0 Å². The Labute approximate surface area is 215 Å². The molecule has 2 aliphatic rings. The number of hydrogen-bond donors (Lipinski definition) is 2. The van der Waals surface area contributed by atoms with E-state index in [1.54, 1.807) is 33.8 Å². The first-order valence-electron chi connectivity index (χ1n) is 12.0. The van der Waals surface area contributed by atoms with E-state index in [0.29, 0.717) is 12.0 Å². The summed E-state index contributed by atoms with van der Waals surface area (Å²) in [6.45, 7) is 8.14. The highest BCUT2D eigenvalue weighted by molar-refractivity contribution is 5.89. The van der Waals surface area contributed by atoms with Crippen molar-refractivity contribution in [1.82, 2.24) is 5.32 Å². The molecule has 0 unspecified atom stereocenters. The number of esters is 3. The van der Waals surface area contributed by atoms with Crippen LogP contribution in [0.25, 0.3) is 0 Å². The Balaban J connectivity index is 2.17. The van der Waals surface area contributed by atoms with Crippen LogP contribution < -0.4 is 11.1 Å². The van der Waals surface area contributed by atoms with Gasteiger partial charge in [-0.05, 0) is 39.2 Å². The minimum atomic E-state index is -1.16. The fourth-order valence-corrected chi connectivity index (χ4v) is 4.05. The number of methoxy groups -OCH3 is 1. The van der Waals surface area contributed by atoms with E-state index in [1.165, 1.54) is 20.3 Å². The zero-order chi connectivity index (χ0) is 27.9. The molecule has 5 atom stereocenters. The number of hydrogen-bond acceptors (Lipinski definition) is 10. The molecule has 1 aliphatic carbocycles. The summed E-state index contributed by atoms with van der Waals surface area (Å²) in [6.07, 6.45) is 1.50. The second-order valence-electron chi connectivity index (χ2n) is 9.94. The highest BCUT2D eigenvalue weighted by Gasteiger charge is 2.47. The molecule has 0 saturated heterocycles. The number of carbonyl (C=O) groups is 5. The summed E-state index contributed by atoms with van der Waals surface area (Å²) in [5.74, 6) is -4.44. The summed E-state index contributed by atoms with van der Waals surface area (Å²) in [5.41, 5.74) is 5.22. The topological polar surface area (TPSA) is 170 Å². The van der Waals surface area contributed by atoms with Crippen molar-refractivity contribution in [1.29, 1.82) is 0 Å². The number of alkyl carbamates (subject to hydrolysis) is 1. The average molecular weight is 525 g/mol. The summed E-state index contributed by atoms with van der Waals surface area (Å²) in [5, 5.41) is 2.49. The molecular formula is C25H36N2O10. The monoisotopic (exact) mass is 524 g/mol. The average Bonchev–Trinajstić information content (AvgIpc) is 3.23. The lowest BCUT2D eigenvalue weighted by Gasteiger charge is -2.35. The largest absolute Gasteiger partial charge is 0.466 e. The molecular weight excluding hydrogens is 488 g/mol. The normalized spacial score (nSPS) is 22.2. The summed E-state index contributed by atoms with van der Waals surface area (Å²) in [4.78, 5) is 60.8. The molecule has 206 valence electrons. The zero-order valence-electron chi connectivity index (χ0n) is 22.0. The van der Waals surface area contributed by atoms with E-state index in [2.05, 4.69) is 5.32 Å². The van der Waals surface area contributed by atoms with Crippen LogP contribution in [0.15, 0.2) is 23.5 Å². The molecule has 0 aromatic rings. The number of primary amides is 1. The molecule has 0 aromatic carbocycles. The molecule has 0 fully saturated rings. The number of carbonyl (C=O) groups excluding carboxylic acids is 5. The Hall–Kier alpha value is -3.57. The van der Waals surface area contributed by atoms with Crippen molar-refractivity contribution in [3.8, 4) is 0 Å². The summed E-state index contributed by atoms with van der Waals surface area (Å²) < 4.78 is 26.7. The first-order chi connectivity index (χ1) is 17.3. The van der Waals surface area contributed by atoms with Gasteiger partial charge in [0.15, 0.2) is 0 Å². The molecule has 0 radical (unpaired) electrons. The molecule has 2 rings (SSSR count). The molecule has 37 heavy (non-hydrogen) atoms. The number of nitrogens with one attached hydrogen (secondary N) is 1. The minimum absolute atomic E-state index is 0.161. The van der Waals surface area contributed by atoms with Gasteiger partial charge in [-0.2, -0.15) is 0 Å². The maximum absolute atomic E-state index is 12.9. The molecule has 1 aliphatic heterocycles. The van der Waals surface area contributed by atoms with Crippen LogP contribution in [0.5, 0.6) is 0 Å². The highest BCUT2D eigenvalue weighted by atomic mass is 16.7. The quantitative estimate of drug-likeness (QED) is 0.244. The summed E-state index contributed by atoms with van der Waals surface area (Å²) >= 11 is 0. The van der Waals surface area contributed by atoms with Gasteiger partial charge < -0.3 is 34.7 Å². The van der Waals surface area contributed by atoms with Gasteiger partial charge in [0.2, 0.25) is 5.91 Å². The number of nitrogens with two attached hydrogens (primary N) is 1. The van der Waals surface area contributed by atoms with Gasteiger partial charge in [-0.3, -0.25) is 9.59 Å². The van der Waals surface area contributed by atoms with Crippen LogP contribution in [0.1, 0.15) is 53.9 Å². The number of fused-ring (bicyclic) bond motifs is 1. The van der Waals surface area contributed by atoms with Crippen molar-refractivity contribution in [3.63, 3.8) is 0 Å². The van der Waals surface area contributed by atoms with E-state index in [-0.39, 0.29) is 25.0 Å². The van der Waals surface area contributed by atoms with Crippen molar-refractivity contribution in [2.24, 2.45) is 23.5 Å². The number of ether oxygens (including phenoxy) is 5. The molecule has 0 spiro atoms. The van der Waals surface area contributed by atoms with Crippen LogP contribution in [0.4, 0.5) is 4.79 Å². The first kappa shape index (κ1) is 29.7. The maximum Gasteiger partial charge on any atom is 0.408 e. The predicted molar refractivity (Wildman–Crippen MR) is 128 cm³/mol. The Morgan fingerprint density at radius 2 is 1.86 bits per heavy atom. The van der Waals surface area contributed by atoms with Crippen LogP contribution in [0.2, 0.25) is 0 Å². The Morgan fingerprint density at radius 1 is 1.19 bits per heavy atom. The molecule has 1 heterocycles. The van der Waals surface area contributed by atoms with Gasteiger partial charge in [0.05, 0.1) is 30.8 Å². The van der Waals surface area contributed by atoms with E-state index < -0.39 is 65.6 Å². The number of amides is 2. The van der Waals surface area contributed by atoms with Gasteiger partial charge in [-0.1, -0.05) is 19.9 Å². The highest BCUT2D eigenvalue weighted by Crippen LogP contribution is 2.44. The van der Waals surface area contributed by atoms with Gasteiger partial charge in [0.1, 0.15) is 18.2 Å². The third kappa shape index (κ3) is 8.22. The molecule has 12 nitrogen and oxygen atoms in total. The Kier molecular flexibility index (Phi) is 10.1. The Bertz CT molecular complexity index is 965. The molecule has 2 amide bonds. The fourth-order valence-electron chi connectivity index (χ4n) is 4.05. The number of allylic oxidation sites excluding steroid dienone is 1. The molecule has 12 heteroatoms. The van der Waals surface area contributed by atoms with Crippen LogP contribution in [0.3, 0.4) is 0 Å². The van der Waals surface area contributed by atoms with Gasteiger partial charge in [0, 0.05) is 12.3 Å². The third-order valence-corrected chi connectivity index (χ3v) is 5.85. The minimum Gasteiger partial charge on any atom is -0.466 e. The Morgan fingerprint density at radius 3 is 2.43 bits per heavy atom.